The minimum absolute atomic E-state index is 0.0474. The normalized spacial score (nSPS) is 14.6. The third-order valence-electron chi connectivity index (χ3n) is 5.50. The van der Waals surface area contributed by atoms with Gasteiger partial charge in [0.2, 0.25) is 0 Å². The van der Waals surface area contributed by atoms with Crippen molar-refractivity contribution in [1.82, 2.24) is 15.1 Å². The maximum Gasteiger partial charge on any atom is 0.407 e. The molecule has 0 fully saturated rings. The SMILES string of the molecule is Cn1ncc(C(O)C(O)CNC(=O)OCC2c3ccccc3-c3ccccc32)c1N. The highest BCUT2D eigenvalue weighted by atomic mass is 16.5. The molecular weight excluding hydrogens is 384 g/mol. The van der Waals surface area contributed by atoms with E-state index in [1.807, 2.05) is 36.4 Å². The van der Waals surface area contributed by atoms with Gasteiger partial charge < -0.3 is 26.0 Å². The van der Waals surface area contributed by atoms with Crippen molar-refractivity contribution in [2.75, 3.05) is 18.9 Å². The van der Waals surface area contributed by atoms with Gasteiger partial charge in [-0.3, -0.25) is 4.68 Å². The summed E-state index contributed by atoms with van der Waals surface area (Å²) >= 11 is 0. The quantitative estimate of drug-likeness (QED) is 0.494. The molecule has 1 aliphatic rings. The van der Waals surface area contributed by atoms with Crippen LogP contribution >= 0.6 is 0 Å². The Morgan fingerprint density at radius 3 is 2.33 bits per heavy atom. The molecule has 30 heavy (non-hydrogen) atoms. The maximum atomic E-state index is 12.2. The molecule has 8 heteroatoms. The number of nitrogens with two attached hydrogens (primary N) is 1. The highest BCUT2D eigenvalue weighted by Crippen LogP contribution is 2.44. The molecule has 1 aromatic heterocycles. The van der Waals surface area contributed by atoms with Gasteiger partial charge in [0.25, 0.3) is 0 Å². The van der Waals surface area contributed by atoms with E-state index in [2.05, 4.69) is 22.5 Å². The number of benzene rings is 2. The summed E-state index contributed by atoms with van der Waals surface area (Å²) in [5, 5.41) is 26.8. The standard InChI is InChI=1S/C22H24N4O4/c1-26-21(23)17(10-25-26)20(28)19(27)11-24-22(29)30-12-18-15-8-4-2-6-13(15)14-7-3-5-9-16(14)18/h2-10,18-20,27-28H,11-12,23H2,1H3,(H,24,29). The third-order valence-corrected chi connectivity index (χ3v) is 5.50. The molecule has 0 bridgehead atoms. The molecule has 4 rings (SSSR count). The summed E-state index contributed by atoms with van der Waals surface area (Å²) in [5.74, 6) is 0.205. The number of alkyl carbamates (subject to hydrolysis) is 1. The zero-order valence-electron chi connectivity index (χ0n) is 16.5. The largest absolute Gasteiger partial charge is 0.449 e. The molecule has 2 atom stereocenters. The lowest BCUT2D eigenvalue weighted by molar-refractivity contribution is 0.0189. The molecule has 0 spiro atoms. The van der Waals surface area contributed by atoms with Crippen molar-refractivity contribution in [3.63, 3.8) is 0 Å². The minimum Gasteiger partial charge on any atom is -0.449 e. The molecule has 0 aliphatic heterocycles. The van der Waals surface area contributed by atoms with E-state index in [-0.39, 0.29) is 24.9 Å². The third kappa shape index (κ3) is 3.62. The van der Waals surface area contributed by atoms with Crippen molar-refractivity contribution in [1.29, 1.82) is 0 Å². The molecule has 156 valence electrons. The van der Waals surface area contributed by atoms with Gasteiger partial charge in [-0.25, -0.2) is 4.79 Å². The van der Waals surface area contributed by atoms with Crippen LogP contribution in [0.1, 0.15) is 28.7 Å². The number of hydrogen-bond donors (Lipinski definition) is 4. The number of aliphatic hydroxyl groups excluding tert-OH is 2. The molecule has 1 aliphatic carbocycles. The number of aromatic nitrogens is 2. The van der Waals surface area contributed by atoms with Crippen molar-refractivity contribution in [2.45, 2.75) is 18.1 Å². The zero-order valence-corrected chi connectivity index (χ0v) is 16.5. The van der Waals surface area contributed by atoms with Crippen LogP contribution in [0.15, 0.2) is 54.7 Å². The summed E-state index contributed by atoms with van der Waals surface area (Å²) in [7, 11) is 1.63. The smallest absolute Gasteiger partial charge is 0.407 e. The fraction of sp³-hybridized carbons (Fsp3) is 0.273. The van der Waals surface area contributed by atoms with E-state index in [1.165, 1.54) is 10.9 Å². The molecule has 0 saturated heterocycles. The summed E-state index contributed by atoms with van der Waals surface area (Å²) in [6, 6.07) is 16.1. The van der Waals surface area contributed by atoms with Crippen LogP contribution in [-0.2, 0) is 11.8 Å². The van der Waals surface area contributed by atoms with E-state index in [4.69, 9.17) is 10.5 Å². The predicted molar refractivity (Wildman–Crippen MR) is 112 cm³/mol. The molecule has 1 amide bonds. The summed E-state index contributed by atoms with van der Waals surface area (Å²) in [6.07, 6.45) is -1.80. The van der Waals surface area contributed by atoms with Gasteiger partial charge in [0.15, 0.2) is 0 Å². The van der Waals surface area contributed by atoms with E-state index < -0.39 is 18.3 Å². The van der Waals surface area contributed by atoms with Crippen LogP contribution in [0.4, 0.5) is 10.6 Å². The highest BCUT2D eigenvalue weighted by molar-refractivity contribution is 5.79. The second-order valence-corrected chi connectivity index (χ2v) is 7.33. The average molecular weight is 408 g/mol. The van der Waals surface area contributed by atoms with Crippen LogP contribution in [0.2, 0.25) is 0 Å². The molecule has 2 aromatic carbocycles. The molecule has 5 N–H and O–H groups in total. The molecule has 1 heterocycles. The number of aliphatic hydroxyl groups is 2. The Hall–Kier alpha value is -3.36. The number of nitrogen functional groups attached to an aromatic ring is 1. The van der Waals surface area contributed by atoms with Gasteiger partial charge in [0.05, 0.1) is 6.20 Å². The lowest BCUT2D eigenvalue weighted by Crippen LogP contribution is -2.36. The first kappa shape index (κ1) is 19.9. The van der Waals surface area contributed by atoms with Crippen LogP contribution in [0.3, 0.4) is 0 Å². The number of nitrogens with one attached hydrogen (secondary N) is 1. The second-order valence-electron chi connectivity index (χ2n) is 7.33. The lowest BCUT2D eigenvalue weighted by Gasteiger charge is -2.19. The molecule has 2 unspecified atom stereocenters. The van der Waals surface area contributed by atoms with Gasteiger partial charge in [-0.05, 0) is 22.3 Å². The number of carbonyl (C=O) groups is 1. The molecular formula is C22H24N4O4. The first-order valence-corrected chi connectivity index (χ1v) is 9.69. The fourth-order valence-electron chi connectivity index (χ4n) is 3.85. The van der Waals surface area contributed by atoms with E-state index in [1.54, 1.807) is 7.05 Å². The van der Waals surface area contributed by atoms with Crippen LogP contribution < -0.4 is 11.1 Å². The summed E-state index contributed by atoms with van der Waals surface area (Å²) in [5.41, 5.74) is 10.6. The fourth-order valence-corrected chi connectivity index (χ4v) is 3.85. The van der Waals surface area contributed by atoms with E-state index in [0.717, 1.165) is 22.3 Å². The second kappa shape index (κ2) is 8.17. The van der Waals surface area contributed by atoms with Gasteiger partial charge in [-0.2, -0.15) is 5.10 Å². The van der Waals surface area contributed by atoms with Crippen molar-refractivity contribution < 1.29 is 19.7 Å². The molecule has 3 aromatic rings. The molecule has 0 saturated carbocycles. The van der Waals surface area contributed by atoms with Crippen molar-refractivity contribution in [2.24, 2.45) is 7.05 Å². The number of ether oxygens (including phenoxy) is 1. The van der Waals surface area contributed by atoms with Crippen molar-refractivity contribution in [3.05, 3.63) is 71.4 Å². The van der Waals surface area contributed by atoms with E-state index >= 15 is 0 Å². The van der Waals surface area contributed by atoms with Crippen molar-refractivity contribution in [3.8, 4) is 11.1 Å². The zero-order chi connectivity index (χ0) is 21.3. The Balaban J connectivity index is 1.35. The number of fused-ring (bicyclic) bond motifs is 3. The van der Waals surface area contributed by atoms with E-state index in [0.29, 0.717) is 5.56 Å². The minimum atomic E-state index is -1.27. The molecule has 8 nitrogen and oxygen atoms in total. The number of rotatable bonds is 6. The number of anilines is 1. The summed E-state index contributed by atoms with van der Waals surface area (Å²) in [4.78, 5) is 12.2. The van der Waals surface area contributed by atoms with Crippen LogP contribution in [-0.4, -0.2) is 45.3 Å². The Morgan fingerprint density at radius 1 is 1.17 bits per heavy atom. The van der Waals surface area contributed by atoms with Gasteiger partial charge in [0, 0.05) is 25.1 Å². The lowest BCUT2D eigenvalue weighted by atomic mass is 9.98. The highest BCUT2D eigenvalue weighted by Gasteiger charge is 2.29. The number of amides is 1. The van der Waals surface area contributed by atoms with E-state index in [9.17, 15) is 15.0 Å². The van der Waals surface area contributed by atoms with Gasteiger partial charge in [-0.1, -0.05) is 48.5 Å². The Kier molecular flexibility index (Phi) is 5.43. The Labute approximate surface area is 173 Å². The van der Waals surface area contributed by atoms with Crippen LogP contribution in [0.25, 0.3) is 11.1 Å². The number of aryl methyl sites for hydroxylation is 1. The summed E-state index contributed by atoms with van der Waals surface area (Å²) in [6.45, 7) is -0.0137. The maximum absolute atomic E-state index is 12.2. The van der Waals surface area contributed by atoms with Crippen LogP contribution in [0, 0.1) is 0 Å². The van der Waals surface area contributed by atoms with Gasteiger partial charge >= 0.3 is 6.09 Å². The van der Waals surface area contributed by atoms with Gasteiger partial charge in [-0.15, -0.1) is 0 Å². The Bertz CT molecular complexity index is 1020. The predicted octanol–water partition coefficient (Wildman–Crippen LogP) is 1.94. The monoisotopic (exact) mass is 408 g/mol. The first-order chi connectivity index (χ1) is 14.5. The number of carbonyl (C=O) groups excluding carboxylic acids is 1. The Morgan fingerprint density at radius 2 is 1.77 bits per heavy atom. The average Bonchev–Trinajstić information content (AvgIpc) is 3.27. The number of hydrogen-bond acceptors (Lipinski definition) is 6. The van der Waals surface area contributed by atoms with Crippen LogP contribution in [0.5, 0.6) is 0 Å². The number of nitrogens with zero attached hydrogens (tertiary/aromatic N) is 2. The first-order valence-electron chi connectivity index (χ1n) is 9.69. The summed E-state index contributed by atoms with van der Waals surface area (Å²) < 4.78 is 6.81. The topological polar surface area (TPSA) is 123 Å². The van der Waals surface area contributed by atoms with Crippen molar-refractivity contribution >= 4 is 11.9 Å². The molecule has 0 radical (unpaired) electrons. The van der Waals surface area contributed by atoms with Gasteiger partial charge in [0.1, 0.15) is 24.6 Å².